The molecule has 0 aliphatic rings. The Bertz CT molecular complexity index is 363. The molecule has 0 heterocycles. The van der Waals surface area contributed by atoms with Gasteiger partial charge in [0.1, 0.15) is 0 Å². The Hall–Kier alpha value is -1.22. The van der Waals surface area contributed by atoms with Crippen LogP contribution in [-0.4, -0.2) is 25.4 Å². The zero-order valence-corrected chi connectivity index (χ0v) is 10.2. The molecular weight excluding hydrogens is 228 g/mol. The number of hydrogen-bond donors (Lipinski definition) is 0. The lowest BCUT2D eigenvalue weighted by atomic mass is 10.1. The molecule has 88 valence electrons. The van der Waals surface area contributed by atoms with Crippen molar-refractivity contribution < 1.29 is 14.3 Å². The van der Waals surface area contributed by atoms with Crippen LogP contribution in [0, 0.1) is 0 Å². The molecule has 0 amide bonds. The van der Waals surface area contributed by atoms with Gasteiger partial charge in [-0.3, -0.25) is 4.79 Å². The highest BCUT2D eigenvalue weighted by molar-refractivity contribution is 6.17. The number of carbonyl (C=O) groups is 1. The summed E-state index contributed by atoms with van der Waals surface area (Å²) in [6, 6.07) is 5.14. The second kappa shape index (κ2) is 6.38. The summed E-state index contributed by atoms with van der Waals surface area (Å²) < 4.78 is 10.6. The van der Waals surface area contributed by atoms with Gasteiger partial charge in [0.05, 0.1) is 13.7 Å². The van der Waals surface area contributed by atoms with E-state index in [1.807, 2.05) is 0 Å². The zero-order valence-electron chi connectivity index (χ0n) is 9.46. The quantitative estimate of drug-likeness (QED) is 0.437. The van der Waals surface area contributed by atoms with Gasteiger partial charge >= 0.3 is 0 Å². The van der Waals surface area contributed by atoms with Crippen molar-refractivity contribution in [2.24, 2.45) is 0 Å². The van der Waals surface area contributed by atoms with Gasteiger partial charge in [0, 0.05) is 11.4 Å². The second-order valence-electron chi connectivity index (χ2n) is 3.31. The minimum atomic E-state index is 0.00519. The number of ether oxygens (including phenoxy) is 2. The molecule has 1 rings (SSSR count). The monoisotopic (exact) mass is 242 g/mol. The molecule has 0 fully saturated rings. The van der Waals surface area contributed by atoms with E-state index in [9.17, 15) is 4.79 Å². The van der Waals surface area contributed by atoms with Crippen LogP contribution in [0.5, 0.6) is 11.5 Å². The Labute approximate surface area is 100 Å². The van der Waals surface area contributed by atoms with Crippen molar-refractivity contribution in [2.45, 2.75) is 13.3 Å². The van der Waals surface area contributed by atoms with Gasteiger partial charge in [-0.15, -0.1) is 11.6 Å². The van der Waals surface area contributed by atoms with Crippen LogP contribution in [0.2, 0.25) is 0 Å². The molecule has 3 nitrogen and oxygen atoms in total. The summed E-state index contributed by atoms with van der Waals surface area (Å²) in [4.78, 5) is 11.2. The molecule has 0 saturated heterocycles. The van der Waals surface area contributed by atoms with Crippen LogP contribution in [0.3, 0.4) is 0 Å². The van der Waals surface area contributed by atoms with Crippen molar-refractivity contribution in [2.75, 3.05) is 19.6 Å². The van der Waals surface area contributed by atoms with Gasteiger partial charge in [-0.2, -0.15) is 0 Å². The van der Waals surface area contributed by atoms with Gasteiger partial charge in [-0.25, -0.2) is 0 Å². The lowest BCUT2D eigenvalue weighted by Crippen LogP contribution is -2.01. The highest BCUT2D eigenvalue weighted by atomic mass is 35.5. The minimum Gasteiger partial charge on any atom is -0.493 e. The van der Waals surface area contributed by atoms with Gasteiger partial charge in [0.2, 0.25) is 0 Å². The zero-order chi connectivity index (χ0) is 12.0. The highest BCUT2D eigenvalue weighted by Gasteiger charge is 2.07. The van der Waals surface area contributed by atoms with Crippen molar-refractivity contribution in [1.82, 2.24) is 0 Å². The summed E-state index contributed by atoms with van der Waals surface area (Å²) in [7, 11) is 1.55. The largest absolute Gasteiger partial charge is 0.493 e. The lowest BCUT2D eigenvalue weighted by molar-refractivity contribution is 0.101. The number of Topliss-reactive ketones (excluding diaryl/α,β-unsaturated/α-hetero) is 1. The summed E-state index contributed by atoms with van der Waals surface area (Å²) in [5.74, 6) is 1.78. The highest BCUT2D eigenvalue weighted by Crippen LogP contribution is 2.28. The average Bonchev–Trinajstić information content (AvgIpc) is 2.29. The Kier molecular flexibility index (Phi) is 5.12. The molecule has 1 aromatic rings. The van der Waals surface area contributed by atoms with E-state index in [4.69, 9.17) is 21.1 Å². The Balaban J connectivity index is 2.80. The molecular formula is C12H15ClO3. The van der Waals surface area contributed by atoms with Gasteiger partial charge in [0.15, 0.2) is 17.3 Å². The van der Waals surface area contributed by atoms with Crippen molar-refractivity contribution in [3.63, 3.8) is 0 Å². The average molecular weight is 243 g/mol. The number of hydrogen-bond acceptors (Lipinski definition) is 3. The first kappa shape index (κ1) is 12.8. The fraction of sp³-hybridized carbons (Fsp3) is 0.417. The van der Waals surface area contributed by atoms with E-state index in [2.05, 4.69) is 0 Å². The molecule has 4 heteroatoms. The van der Waals surface area contributed by atoms with E-state index in [-0.39, 0.29) is 5.78 Å². The van der Waals surface area contributed by atoms with Crippen molar-refractivity contribution in [1.29, 1.82) is 0 Å². The van der Waals surface area contributed by atoms with Crippen LogP contribution in [0.25, 0.3) is 0 Å². The van der Waals surface area contributed by atoms with Crippen LogP contribution >= 0.6 is 11.6 Å². The molecule has 0 saturated carbocycles. The number of carbonyl (C=O) groups excluding carboxylic acids is 1. The summed E-state index contributed by atoms with van der Waals surface area (Å²) in [6.07, 6.45) is 0.777. The molecule has 0 aromatic heterocycles. The Morgan fingerprint density at radius 1 is 1.38 bits per heavy atom. The third kappa shape index (κ3) is 3.42. The Morgan fingerprint density at radius 3 is 2.69 bits per heavy atom. The third-order valence-corrected chi connectivity index (χ3v) is 2.37. The molecule has 0 spiro atoms. The molecule has 0 radical (unpaired) electrons. The minimum absolute atomic E-state index is 0.00519. The third-order valence-electron chi connectivity index (χ3n) is 2.11. The van der Waals surface area contributed by atoms with Crippen molar-refractivity contribution in [3.8, 4) is 11.5 Å². The molecule has 0 bridgehead atoms. The maximum Gasteiger partial charge on any atom is 0.161 e. The van der Waals surface area contributed by atoms with E-state index in [0.717, 1.165) is 6.42 Å². The molecule has 1 aromatic carbocycles. The second-order valence-corrected chi connectivity index (χ2v) is 3.69. The number of rotatable bonds is 6. The van der Waals surface area contributed by atoms with Crippen LogP contribution in [0.15, 0.2) is 18.2 Å². The fourth-order valence-electron chi connectivity index (χ4n) is 1.24. The molecule has 0 atom stereocenters. The van der Waals surface area contributed by atoms with E-state index >= 15 is 0 Å². The predicted octanol–water partition coefficient (Wildman–Crippen LogP) is 2.91. The fourth-order valence-corrected chi connectivity index (χ4v) is 1.35. The first-order valence-corrected chi connectivity index (χ1v) is 5.60. The van der Waals surface area contributed by atoms with E-state index in [0.29, 0.717) is 29.5 Å². The van der Waals surface area contributed by atoms with Gasteiger partial charge in [-0.05, 0) is 31.5 Å². The normalized spacial score (nSPS) is 9.94. The predicted molar refractivity (Wildman–Crippen MR) is 63.8 cm³/mol. The number of methoxy groups -OCH3 is 1. The van der Waals surface area contributed by atoms with E-state index in [1.54, 1.807) is 25.3 Å². The van der Waals surface area contributed by atoms with Gasteiger partial charge in [-0.1, -0.05) is 0 Å². The Morgan fingerprint density at radius 2 is 2.12 bits per heavy atom. The first-order chi connectivity index (χ1) is 7.69. The smallest absolute Gasteiger partial charge is 0.161 e. The molecule has 0 unspecified atom stereocenters. The van der Waals surface area contributed by atoms with Gasteiger partial charge in [0.25, 0.3) is 0 Å². The summed E-state index contributed by atoms with van der Waals surface area (Å²) in [6.45, 7) is 2.06. The molecule has 0 N–H and O–H groups in total. The maximum absolute atomic E-state index is 11.2. The van der Waals surface area contributed by atoms with Crippen LogP contribution in [0.4, 0.5) is 0 Å². The van der Waals surface area contributed by atoms with Crippen LogP contribution < -0.4 is 9.47 Å². The molecule has 0 aliphatic heterocycles. The SMILES string of the molecule is COc1cc(C(C)=O)ccc1OCCCCl. The lowest BCUT2D eigenvalue weighted by Gasteiger charge is -2.10. The first-order valence-electron chi connectivity index (χ1n) is 5.06. The van der Waals surface area contributed by atoms with Crippen LogP contribution in [0.1, 0.15) is 23.7 Å². The summed E-state index contributed by atoms with van der Waals surface area (Å²) in [5, 5.41) is 0. The summed E-state index contributed by atoms with van der Waals surface area (Å²) >= 11 is 5.55. The topological polar surface area (TPSA) is 35.5 Å². The molecule has 16 heavy (non-hydrogen) atoms. The van der Waals surface area contributed by atoms with Crippen LogP contribution in [-0.2, 0) is 0 Å². The molecule has 0 aliphatic carbocycles. The number of benzene rings is 1. The number of halogens is 1. The van der Waals surface area contributed by atoms with Gasteiger partial charge < -0.3 is 9.47 Å². The van der Waals surface area contributed by atoms with E-state index < -0.39 is 0 Å². The van der Waals surface area contributed by atoms with E-state index in [1.165, 1.54) is 6.92 Å². The standard InChI is InChI=1S/C12H15ClO3/c1-9(14)10-4-5-11(12(8-10)15-2)16-7-3-6-13/h4-5,8H,3,6-7H2,1-2H3. The number of alkyl halides is 1. The number of ketones is 1. The summed E-state index contributed by atoms with van der Waals surface area (Å²) in [5.41, 5.74) is 0.613. The maximum atomic E-state index is 11.2. The van der Waals surface area contributed by atoms with Crippen molar-refractivity contribution in [3.05, 3.63) is 23.8 Å². The van der Waals surface area contributed by atoms with Crippen molar-refractivity contribution >= 4 is 17.4 Å².